The van der Waals surface area contributed by atoms with Gasteiger partial charge in [-0.25, -0.2) is 0 Å². The summed E-state index contributed by atoms with van der Waals surface area (Å²) in [6.07, 6.45) is 4.81. The van der Waals surface area contributed by atoms with Crippen molar-refractivity contribution in [2.45, 2.75) is 45.3 Å². The third kappa shape index (κ3) is 6.87. The summed E-state index contributed by atoms with van der Waals surface area (Å²) in [6.45, 7) is 12.4. The van der Waals surface area contributed by atoms with Gasteiger partial charge < -0.3 is 10.2 Å². The van der Waals surface area contributed by atoms with Gasteiger partial charge >= 0.3 is 0 Å². The number of halogens is 1. The van der Waals surface area contributed by atoms with Crippen LogP contribution in [0.1, 0.15) is 40.5 Å². The Morgan fingerprint density at radius 3 is 2.60 bits per heavy atom. The maximum atomic E-state index is 4.44. The van der Waals surface area contributed by atoms with E-state index in [1.165, 1.54) is 12.8 Å². The Morgan fingerprint density at radius 1 is 1.45 bits per heavy atom. The summed E-state index contributed by atoms with van der Waals surface area (Å²) in [5.41, 5.74) is 0. The molecular formula is C15H32IN3S. The quantitative estimate of drug-likeness (QED) is 0.423. The molecule has 1 unspecified atom stereocenters. The first-order valence-corrected chi connectivity index (χ1v) is 8.61. The lowest BCUT2D eigenvalue weighted by molar-refractivity contribution is 0.403. The van der Waals surface area contributed by atoms with Crippen LogP contribution in [0.4, 0.5) is 0 Å². The van der Waals surface area contributed by atoms with Crippen LogP contribution in [0.5, 0.6) is 0 Å². The molecule has 120 valence electrons. The summed E-state index contributed by atoms with van der Waals surface area (Å²) in [5, 5.41) is 3.53. The third-order valence-electron chi connectivity index (χ3n) is 3.83. The Bertz CT molecular complexity index is 305. The highest BCUT2D eigenvalue weighted by Gasteiger charge is 2.26. The molecule has 1 heterocycles. The number of likely N-dealkylation sites (tertiary alicyclic amines) is 1. The number of hydrogen-bond acceptors (Lipinski definition) is 2. The largest absolute Gasteiger partial charge is 0.355 e. The Balaban J connectivity index is 0.00000361. The Kier molecular flexibility index (Phi) is 9.55. The maximum absolute atomic E-state index is 4.44. The molecule has 5 heteroatoms. The van der Waals surface area contributed by atoms with Gasteiger partial charge in [0.25, 0.3) is 0 Å². The first-order valence-electron chi connectivity index (χ1n) is 7.38. The van der Waals surface area contributed by atoms with Crippen molar-refractivity contribution in [3.63, 3.8) is 0 Å². The van der Waals surface area contributed by atoms with E-state index in [-0.39, 0.29) is 28.7 Å². The van der Waals surface area contributed by atoms with Gasteiger partial charge in [-0.2, -0.15) is 11.8 Å². The van der Waals surface area contributed by atoms with Gasteiger partial charge in [0, 0.05) is 31.4 Å². The number of guanidine groups is 1. The van der Waals surface area contributed by atoms with Gasteiger partial charge in [0.2, 0.25) is 0 Å². The van der Waals surface area contributed by atoms with Gasteiger partial charge in [-0.3, -0.25) is 4.99 Å². The van der Waals surface area contributed by atoms with E-state index in [4.69, 9.17) is 0 Å². The van der Waals surface area contributed by atoms with E-state index in [0.717, 1.165) is 37.4 Å². The van der Waals surface area contributed by atoms with E-state index in [1.54, 1.807) is 0 Å². The molecule has 1 rings (SSSR count). The van der Waals surface area contributed by atoms with Crippen molar-refractivity contribution in [2.24, 2.45) is 16.8 Å². The average Bonchev–Trinajstić information content (AvgIpc) is 2.77. The second-order valence-electron chi connectivity index (χ2n) is 6.59. The average molecular weight is 413 g/mol. The molecule has 1 fully saturated rings. The minimum Gasteiger partial charge on any atom is -0.355 e. The Hall–Kier alpha value is 0.350. The SMILES string of the molecule is CN=C(NCC(C)(C)SC)N1CCC(CC(C)C)C1.I. The zero-order valence-corrected chi connectivity index (χ0v) is 17.0. The number of rotatable bonds is 5. The van der Waals surface area contributed by atoms with Gasteiger partial charge in [0.1, 0.15) is 0 Å². The molecule has 0 aromatic heterocycles. The number of nitrogens with zero attached hydrogens (tertiary/aromatic N) is 2. The van der Waals surface area contributed by atoms with E-state index in [0.29, 0.717) is 0 Å². The van der Waals surface area contributed by atoms with Crippen LogP contribution >= 0.6 is 35.7 Å². The highest BCUT2D eigenvalue weighted by atomic mass is 127. The standard InChI is InChI=1S/C15H31N3S.HI/c1-12(2)9-13-7-8-18(10-13)14(16-5)17-11-15(3,4)19-6;/h12-13H,7-11H2,1-6H3,(H,16,17);1H. The van der Waals surface area contributed by atoms with Crippen molar-refractivity contribution in [1.82, 2.24) is 10.2 Å². The highest BCUT2D eigenvalue weighted by Crippen LogP contribution is 2.24. The fourth-order valence-corrected chi connectivity index (χ4v) is 2.80. The Labute approximate surface area is 146 Å². The van der Waals surface area contributed by atoms with Crippen molar-refractivity contribution < 1.29 is 0 Å². The van der Waals surface area contributed by atoms with Crippen LogP contribution in [0, 0.1) is 11.8 Å². The molecule has 0 aromatic carbocycles. The second-order valence-corrected chi connectivity index (χ2v) is 8.11. The number of hydrogen-bond donors (Lipinski definition) is 1. The second kappa shape index (κ2) is 9.38. The third-order valence-corrected chi connectivity index (χ3v) is 5.08. The maximum Gasteiger partial charge on any atom is 0.193 e. The predicted octanol–water partition coefficient (Wildman–Crippen LogP) is 3.69. The summed E-state index contributed by atoms with van der Waals surface area (Å²) in [5.74, 6) is 2.72. The lowest BCUT2D eigenvalue weighted by atomic mass is 9.97. The fourth-order valence-electron chi connectivity index (χ4n) is 2.58. The summed E-state index contributed by atoms with van der Waals surface area (Å²) >= 11 is 1.90. The zero-order valence-electron chi connectivity index (χ0n) is 13.9. The van der Waals surface area contributed by atoms with Gasteiger partial charge in [-0.05, 0) is 44.8 Å². The molecule has 3 nitrogen and oxygen atoms in total. The van der Waals surface area contributed by atoms with Crippen LogP contribution in [0.3, 0.4) is 0 Å². The Morgan fingerprint density at radius 2 is 2.10 bits per heavy atom. The molecule has 0 aliphatic carbocycles. The topological polar surface area (TPSA) is 27.6 Å². The van der Waals surface area contributed by atoms with E-state index >= 15 is 0 Å². The van der Waals surface area contributed by atoms with Crippen LogP contribution in [-0.4, -0.2) is 48.5 Å². The smallest absolute Gasteiger partial charge is 0.193 e. The molecule has 1 N–H and O–H groups in total. The van der Waals surface area contributed by atoms with Gasteiger partial charge in [0.15, 0.2) is 5.96 Å². The first-order chi connectivity index (χ1) is 8.88. The number of nitrogens with one attached hydrogen (secondary N) is 1. The molecule has 0 bridgehead atoms. The molecular weight excluding hydrogens is 381 g/mol. The minimum atomic E-state index is 0. The van der Waals surface area contributed by atoms with E-state index in [2.05, 4.69) is 49.2 Å². The number of thioether (sulfide) groups is 1. The lowest BCUT2D eigenvalue weighted by Crippen LogP contribution is -2.44. The van der Waals surface area contributed by atoms with Crippen molar-refractivity contribution >= 4 is 41.7 Å². The van der Waals surface area contributed by atoms with Gasteiger partial charge in [-0.15, -0.1) is 24.0 Å². The lowest BCUT2D eigenvalue weighted by Gasteiger charge is -2.27. The molecule has 1 atom stereocenters. The van der Waals surface area contributed by atoms with Crippen LogP contribution in [0.25, 0.3) is 0 Å². The van der Waals surface area contributed by atoms with Crippen LogP contribution in [-0.2, 0) is 0 Å². The van der Waals surface area contributed by atoms with Crippen LogP contribution < -0.4 is 5.32 Å². The van der Waals surface area contributed by atoms with Gasteiger partial charge in [-0.1, -0.05) is 13.8 Å². The van der Waals surface area contributed by atoms with E-state index in [1.807, 2.05) is 18.8 Å². The van der Waals surface area contributed by atoms with Crippen molar-refractivity contribution in [3.8, 4) is 0 Å². The summed E-state index contributed by atoms with van der Waals surface area (Å²) in [4.78, 5) is 6.86. The van der Waals surface area contributed by atoms with E-state index < -0.39 is 0 Å². The van der Waals surface area contributed by atoms with Gasteiger partial charge in [0.05, 0.1) is 0 Å². The minimum absolute atomic E-state index is 0. The van der Waals surface area contributed by atoms with E-state index in [9.17, 15) is 0 Å². The molecule has 0 saturated carbocycles. The molecule has 20 heavy (non-hydrogen) atoms. The molecule has 0 spiro atoms. The first kappa shape index (κ1) is 20.3. The van der Waals surface area contributed by atoms with Crippen molar-refractivity contribution in [1.29, 1.82) is 0 Å². The molecule has 0 radical (unpaired) electrons. The summed E-state index contributed by atoms with van der Waals surface area (Å²) in [7, 11) is 1.89. The fraction of sp³-hybridized carbons (Fsp3) is 0.933. The van der Waals surface area contributed by atoms with Crippen LogP contribution in [0.15, 0.2) is 4.99 Å². The predicted molar refractivity (Wildman–Crippen MR) is 104 cm³/mol. The molecule has 0 aromatic rings. The monoisotopic (exact) mass is 413 g/mol. The highest BCUT2D eigenvalue weighted by molar-refractivity contribution is 14.0. The normalized spacial score (nSPS) is 20.2. The van der Waals surface area contributed by atoms with Crippen LogP contribution in [0.2, 0.25) is 0 Å². The molecule has 1 saturated heterocycles. The van der Waals surface area contributed by atoms with Crippen molar-refractivity contribution in [3.05, 3.63) is 0 Å². The molecule has 1 aliphatic heterocycles. The summed E-state index contributed by atoms with van der Waals surface area (Å²) in [6, 6.07) is 0. The van der Waals surface area contributed by atoms with Crippen molar-refractivity contribution in [2.75, 3.05) is 32.9 Å². The number of aliphatic imine (C=N–C) groups is 1. The molecule has 1 aliphatic rings. The zero-order chi connectivity index (χ0) is 14.5. The summed E-state index contributed by atoms with van der Waals surface area (Å²) < 4.78 is 0.257. The molecule has 0 amide bonds.